The molecule has 5 atom stereocenters. The average Bonchev–Trinajstić information content (AvgIpc) is 3.62. The molecule has 3 aromatic rings. The number of nitrogens with one attached hydrogen (secondary N) is 3. The molecular formula is C30H34ClN5O6. The van der Waals surface area contributed by atoms with Crippen molar-refractivity contribution in [1.29, 1.82) is 0 Å². The van der Waals surface area contributed by atoms with Crippen molar-refractivity contribution < 1.29 is 28.5 Å². The van der Waals surface area contributed by atoms with Gasteiger partial charge in [0, 0.05) is 42.0 Å². The van der Waals surface area contributed by atoms with Crippen molar-refractivity contribution in [2.24, 2.45) is 0 Å². The van der Waals surface area contributed by atoms with Gasteiger partial charge in [-0.25, -0.2) is 14.6 Å². The van der Waals surface area contributed by atoms with E-state index >= 15 is 0 Å². The quantitative estimate of drug-likeness (QED) is 0.295. The minimum Gasteiger partial charge on any atom is -0.453 e. The number of amides is 2. The standard InChI is InChI=1S/C30H34ClN5O6/c1-39-28-26(42-28)21-8-3-4-9-24(36-13-12-25(41-30(36)38)17-6-5-7-18(31)14-17)27-32-16-23(35-27)20-11-10-19(15-22(20)34-21)33-29(37)40-2/h5-7,10-11,14-16,21,24-26,28,34H,3-4,8-9,12-13H2,1-2H3,(H,32,35)(H,33,37)/t21-,24+,25?,26?,28?/m1/s1. The van der Waals surface area contributed by atoms with Crippen molar-refractivity contribution in [1.82, 2.24) is 14.9 Å². The Kier molecular flexibility index (Phi) is 8.23. The fourth-order valence-corrected chi connectivity index (χ4v) is 6.05. The number of rotatable bonds is 5. The van der Waals surface area contributed by atoms with Crippen LogP contribution in [0.3, 0.4) is 0 Å². The van der Waals surface area contributed by atoms with Crippen LogP contribution in [0, 0.1) is 0 Å². The van der Waals surface area contributed by atoms with Gasteiger partial charge in [-0.3, -0.25) is 10.2 Å². The Balaban J connectivity index is 1.29. The first-order chi connectivity index (χ1) is 20.4. The molecule has 12 heteroatoms. The molecular weight excluding hydrogens is 562 g/mol. The molecule has 6 rings (SSSR count). The Morgan fingerprint density at radius 3 is 2.76 bits per heavy atom. The van der Waals surface area contributed by atoms with Crippen LogP contribution in [0.1, 0.15) is 55.6 Å². The normalized spacial score (nSPS) is 25.6. The summed E-state index contributed by atoms with van der Waals surface area (Å²) in [5.41, 5.74) is 3.92. The highest BCUT2D eigenvalue weighted by Crippen LogP contribution is 2.39. The van der Waals surface area contributed by atoms with Crippen molar-refractivity contribution in [3.63, 3.8) is 0 Å². The van der Waals surface area contributed by atoms with Crippen molar-refractivity contribution in [3.8, 4) is 11.3 Å². The van der Waals surface area contributed by atoms with E-state index in [0.717, 1.165) is 48.2 Å². The monoisotopic (exact) mass is 595 g/mol. The summed E-state index contributed by atoms with van der Waals surface area (Å²) < 4.78 is 21.9. The van der Waals surface area contributed by atoms with Gasteiger partial charge in [0.2, 0.25) is 0 Å². The first-order valence-electron chi connectivity index (χ1n) is 14.2. The Labute approximate surface area is 248 Å². The van der Waals surface area contributed by atoms with Crippen LogP contribution >= 0.6 is 11.6 Å². The molecule has 2 fully saturated rings. The molecule has 222 valence electrons. The predicted octanol–water partition coefficient (Wildman–Crippen LogP) is 6.26. The van der Waals surface area contributed by atoms with E-state index < -0.39 is 6.09 Å². The summed E-state index contributed by atoms with van der Waals surface area (Å²) in [5, 5.41) is 6.99. The molecule has 0 aliphatic carbocycles. The van der Waals surface area contributed by atoms with E-state index in [2.05, 4.69) is 15.6 Å². The van der Waals surface area contributed by atoms with Crippen LogP contribution in [0.2, 0.25) is 5.02 Å². The number of cyclic esters (lactones) is 1. The smallest absolute Gasteiger partial charge is 0.411 e. The molecule has 42 heavy (non-hydrogen) atoms. The first kappa shape index (κ1) is 28.3. The molecule has 0 radical (unpaired) electrons. The summed E-state index contributed by atoms with van der Waals surface area (Å²) >= 11 is 6.18. The van der Waals surface area contributed by atoms with Crippen LogP contribution in [0.5, 0.6) is 0 Å². The maximum Gasteiger partial charge on any atom is 0.411 e. The van der Waals surface area contributed by atoms with Gasteiger partial charge in [0.1, 0.15) is 18.0 Å². The van der Waals surface area contributed by atoms with Gasteiger partial charge in [0.15, 0.2) is 6.29 Å². The number of carbonyl (C=O) groups excluding carboxylic acids is 2. The van der Waals surface area contributed by atoms with E-state index in [1.165, 1.54) is 7.11 Å². The summed E-state index contributed by atoms with van der Waals surface area (Å²) in [6, 6.07) is 12.7. The van der Waals surface area contributed by atoms with Crippen LogP contribution in [0.15, 0.2) is 48.7 Å². The summed E-state index contributed by atoms with van der Waals surface area (Å²) in [6.07, 6.45) is 4.10. The lowest BCUT2D eigenvalue weighted by Crippen LogP contribution is -2.42. The molecule has 2 saturated heterocycles. The maximum atomic E-state index is 13.4. The van der Waals surface area contributed by atoms with Crippen LogP contribution in [-0.4, -0.2) is 66.3 Å². The number of epoxide rings is 1. The minimum absolute atomic E-state index is 0.0271. The van der Waals surface area contributed by atoms with Crippen LogP contribution in [-0.2, 0) is 18.9 Å². The molecule has 1 aromatic heterocycles. The average molecular weight is 596 g/mol. The van der Waals surface area contributed by atoms with Gasteiger partial charge in [-0.15, -0.1) is 0 Å². The number of methoxy groups -OCH3 is 2. The second-order valence-corrected chi connectivity index (χ2v) is 11.2. The number of aromatic amines is 1. The maximum absolute atomic E-state index is 13.4. The number of fused-ring (bicyclic) bond motifs is 4. The van der Waals surface area contributed by atoms with Crippen molar-refractivity contribution in [3.05, 3.63) is 65.1 Å². The lowest BCUT2D eigenvalue weighted by molar-refractivity contribution is 0.00692. The van der Waals surface area contributed by atoms with Crippen molar-refractivity contribution >= 4 is 35.2 Å². The lowest BCUT2D eigenvalue weighted by Gasteiger charge is -2.36. The largest absolute Gasteiger partial charge is 0.453 e. The van der Waals surface area contributed by atoms with Crippen LogP contribution in [0.25, 0.3) is 11.3 Å². The van der Waals surface area contributed by atoms with E-state index in [1.807, 2.05) is 30.3 Å². The molecule has 11 nitrogen and oxygen atoms in total. The number of H-pyrrole nitrogens is 1. The summed E-state index contributed by atoms with van der Waals surface area (Å²) in [5.74, 6) is 0.702. The Bertz CT molecular complexity index is 1450. The third-order valence-corrected chi connectivity index (χ3v) is 8.29. The van der Waals surface area contributed by atoms with Gasteiger partial charge in [-0.2, -0.15) is 0 Å². The van der Waals surface area contributed by atoms with E-state index in [1.54, 1.807) is 30.3 Å². The van der Waals surface area contributed by atoms with Gasteiger partial charge in [-0.05, 0) is 48.7 Å². The van der Waals surface area contributed by atoms with E-state index in [4.69, 9.17) is 35.5 Å². The second kappa shape index (κ2) is 12.2. The first-order valence-corrected chi connectivity index (χ1v) is 14.5. The Morgan fingerprint density at radius 1 is 1.14 bits per heavy atom. The molecule has 3 aliphatic heterocycles. The highest BCUT2D eigenvalue weighted by molar-refractivity contribution is 6.30. The number of carbonyl (C=O) groups is 2. The van der Waals surface area contributed by atoms with Crippen LogP contribution < -0.4 is 10.6 Å². The molecule has 0 saturated carbocycles. The molecule has 3 N–H and O–H groups in total. The molecule has 0 spiro atoms. The van der Waals surface area contributed by atoms with E-state index in [9.17, 15) is 9.59 Å². The molecule has 4 heterocycles. The van der Waals surface area contributed by atoms with Gasteiger partial charge in [0.25, 0.3) is 0 Å². The Hall–Kier alpha value is -3.80. The number of ether oxygens (including phenoxy) is 4. The SMILES string of the molecule is COC(=O)Nc1ccc2c(c1)N[C@@H](C1OC1OC)CCCC[C@H](N1CCC(c3cccc(Cl)c3)OC1=O)c1ncc-2[nH]1. The topological polar surface area (TPSA) is 130 Å². The fraction of sp³-hybridized carbons (Fsp3) is 0.433. The fourth-order valence-electron chi connectivity index (χ4n) is 5.85. The van der Waals surface area contributed by atoms with Crippen molar-refractivity contribution in [2.45, 2.75) is 62.7 Å². The summed E-state index contributed by atoms with van der Waals surface area (Å²) in [4.78, 5) is 35.2. The minimum atomic E-state index is -0.553. The van der Waals surface area contributed by atoms with Crippen molar-refractivity contribution in [2.75, 3.05) is 31.4 Å². The van der Waals surface area contributed by atoms with Gasteiger partial charge in [0.05, 0.1) is 31.1 Å². The number of imidazole rings is 1. The highest BCUT2D eigenvalue weighted by Gasteiger charge is 2.45. The second-order valence-electron chi connectivity index (χ2n) is 10.7. The highest BCUT2D eigenvalue weighted by atomic mass is 35.5. The third kappa shape index (κ3) is 6.04. The number of hydrogen-bond acceptors (Lipinski definition) is 8. The number of anilines is 2. The zero-order valence-electron chi connectivity index (χ0n) is 23.5. The van der Waals surface area contributed by atoms with E-state index in [-0.39, 0.29) is 36.7 Å². The van der Waals surface area contributed by atoms with Gasteiger partial charge >= 0.3 is 12.2 Å². The lowest BCUT2D eigenvalue weighted by atomic mass is 9.99. The summed E-state index contributed by atoms with van der Waals surface area (Å²) in [7, 11) is 2.96. The molecule has 3 unspecified atom stereocenters. The number of hydrogen-bond donors (Lipinski definition) is 3. The molecule has 2 aromatic carbocycles. The summed E-state index contributed by atoms with van der Waals surface area (Å²) in [6.45, 7) is 0.533. The predicted molar refractivity (Wildman–Crippen MR) is 156 cm³/mol. The van der Waals surface area contributed by atoms with E-state index in [0.29, 0.717) is 29.5 Å². The molecule has 3 aliphatic rings. The number of aromatic nitrogens is 2. The molecule has 2 bridgehead atoms. The third-order valence-electron chi connectivity index (χ3n) is 8.05. The van der Waals surface area contributed by atoms with Crippen LogP contribution in [0.4, 0.5) is 21.0 Å². The zero-order valence-corrected chi connectivity index (χ0v) is 24.2. The number of halogens is 1. The number of nitrogens with zero attached hydrogens (tertiary/aromatic N) is 2. The Morgan fingerprint density at radius 2 is 2.00 bits per heavy atom. The molecule has 2 amide bonds. The van der Waals surface area contributed by atoms with Gasteiger partial charge in [-0.1, -0.05) is 36.6 Å². The van der Waals surface area contributed by atoms with Gasteiger partial charge < -0.3 is 29.2 Å². The number of benzene rings is 2. The zero-order chi connectivity index (χ0) is 29.2.